The minimum Gasteiger partial charge on any atom is -0.497 e. The number of rotatable bonds is 7. The molecule has 2 atom stereocenters. The highest BCUT2D eigenvalue weighted by atomic mass is 35.5. The van der Waals surface area contributed by atoms with Gasteiger partial charge < -0.3 is 14.8 Å². The quantitative estimate of drug-likeness (QED) is 0.417. The molecule has 0 saturated heterocycles. The fourth-order valence-corrected chi connectivity index (χ4v) is 5.53. The van der Waals surface area contributed by atoms with E-state index < -0.39 is 5.25 Å². The molecule has 3 aromatic carbocycles. The number of hydrazone groups is 1. The van der Waals surface area contributed by atoms with E-state index >= 15 is 0 Å². The molecule has 0 bridgehead atoms. The van der Waals surface area contributed by atoms with Crippen LogP contribution in [-0.4, -0.2) is 47.2 Å². The molecule has 2 aliphatic rings. The summed E-state index contributed by atoms with van der Waals surface area (Å²) in [7, 11) is 3.25. The number of hydrogen-bond donors (Lipinski definition) is 1. The van der Waals surface area contributed by atoms with E-state index in [1.165, 1.54) is 11.8 Å². The number of nitrogens with zero attached hydrogens (tertiary/aromatic N) is 3. The first-order valence-corrected chi connectivity index (χ1v) is 13.2. The monoisotopic (exact) mass is 548 g/mol. The third-order valence-electron chi connectivity index (χ3n) is 6.24. The lowest BCUT2D eigenvalue weighted by molar-refractivity contribution is -0.121. The number of hydrogen-bond acceptors (Lipinski definition) is 7. The third kappa shape index (κ3) is 5.69. The molecule has 1 N–H and O–H groups in total. The predicted molar refractivity (Wildman–Crippen MR) is 150 cm³/mol. The Morgan fingerprint density at radius 1 is 1.05 bits per heavy atom. The van der Waals surface area contributed by atoms with Crippen LogP contribution in [0.25, 0.3) is 0 Å². The normalized spacial score (nSPS) is 18.7. The number of anilines is 1. The van der Waals surface area contributed by atoms with Crippen LogP contribution in [0.3, 0.4) is 0 Å². The van der Waals surface area contributed by atoms with Gasteiger partial charge in [-0.2, -0.15) is 10.1 Å². The first kappa shape index (κ1) is 25.8. The fourth-order valence-electron chi connectivity index (χ4n) is 4.28. The Morgan fingerprint density at radius 3 is 2.39 bits per heavy atom. The zero-order valence-corrected chi connectivity index (χ0v) is 22.3. The molecule has 5 rings (SSSR count). The van der Waals surface area contributed by atoms with Gasteiger partial charge in [0, 0.05) is 23.6 Å². The van der Waals surface area contributed by atoms with E-state index in [2.05, 4.69) is 10.3 Å². The van der Waals surface area contributed by atoms with Gasteiger partial charge in [0.25, 0.3) is 5.91 Å². The van der Waals surface area contributed by atoms with Gasteiger partial charge >= 0.3 is 0 Å². The van der Waals surface area contributed by atoms with Crippen LogP contribution in [0.4, 0.5) is 5.69 Å². The summed E-state index contributed by atoms with van der Waals surface area (Å²) < 4.78 is 10.6. The average molecular weight is 549 g/mol. The Kier molecular flexibility index (Phi) is 7.67. The molecule has 2 amide bonds. The summed E-state index contributed by atoms with van der Waals surface area (Å²) in [6.45, 7) is 0. The van der Waals surface area contributed by atoms with Crippen LogP contribution in [0, 0.1) is 0 Å². The molecule has 0 aliphatic carbocycles. The zero-order chi connectivity index (χ0) is 26.6. The van der Waals surface area contributed by atoms with Crippen molar-refractivity contribution in [1.29, 1.82) is 0 Å². The third-order valence-corrected chi connectivity index (χ3v) is 7.62. The summed E-state index contributed by atoms with van der Waals surface area (Å²) in [6.07, 6.45) is 0.603. The number of ether oxygens (including phenoxy) is 2. The summed E-state index contributed by atoms with van der Waals surface area (Å²) in [5.41, 5.74) is 3.41. The average Bonchev–Trinajstić information content (AvgIpc) is 3.52. The van der Waals surface area contributed by atoms with Crippen molar-refractivity contribution in [1.82, 2.24) is 5.01 Å². The van der Waals surface area contributed by atoms with E-state index in [0.29, 0.717) is 22.3 Å². The van der Waals surface area contributed by atoms with Crippen LogP contribution < -0.4 is 14.8 Å². The minimum atomic E-state index is -0.638. The van der Waals surface area contributed by atoms with Gasteiger partial charge in [-0.25, -0.2) is 5.01 Å². The Hall–Kier alpha value is -3.82. The number of methoxy groups -OCH3 is 2. The lowest BCUT2D eigenvalue weighted by Crippen LogP contribution is -2.25. The Bertz CT molecular complexity index is 1410. The maximum Gasteiger partial charge on any atom is 0.262 e. The molecule has 0 saturated carbocycles. The number of thioether (sulfide) groups is 1. The molecular formula is C28H25ClN4O4S. The molecule has 2 heterocycles. The zero-order valence-electron chi connectivity index (χ0n) is 20.8. The SMILES string of the molecule is COc1ccc(C2=NN(C3=NC(=O)[C@H](CC(=O)Nc4cccc(Cl)c4)S3)[C@@H](c3ccc(OC)cc3)C2)cc1. The molecule has 0 unspecified atom stereocenters. The van der Waals surface area contributed by atoms with Crippen molar-refractivity contribution in [2.75, 3.05) is 19.5 Å². The van der Waals surface area contributed by atoms with Crippen molar-refractivity contribution in [3.05, 3.63) is 88.9 Å². The number of carbonyl (C=O) groups is 2. The van der Waals surface area contributed by atoms with Crippen LogP contribution >= 0.6 is 23.4 Å². The van der Waals surface area contributed by atoms with Crippen molar-refractivity contribution in [2.24, 2.45) is 10.1 Å². The maximum absolute atomic E-state index is 12.8. The lowest BCUT2D eigenvalue weighted by atomic mass is 9.98. The van der Waals surface area contributed by atoms with Crippen molar-refractivity contribution in [3.8, 4) is 11.5 Å². The second kappa shape index (κ2) is 11.3. The smallest absolute Gasteiger partial charge is 0.262 e. The van der Waals surface area contributed by atoms with Crippen LogP contribution in [0.2, 0.25) is 5.02 Å². The lowest BCUT2D eigenvalue weighted by Gasteiger charge is -2.23. The molecule has 0 spiro atoms. The van der Waals surface area contributed by atoms with E-state index in [-0.39, 0.29) is 24.3 Å². The molecule has 194 valence electrons. The number of aliphatic imine (C=N–C) groups is 1. The first-order valence-electron chi connectivity index (χ1n) is 11.9. The summed E-state index contributed by atoms with van der Waals surface area (Å²) in [5.74, 6) is 0.872. The van der Waals surface area contributed by atoms with Crippen molar-refractivity contribution >= 4 is 51.7 Å². The number of carbonyl (C=O) groups excluding carboxylic acids is 2. The summed E-state index contributed by atoms with van der Waals surface area (Å²) >= 11 is 7.26. The molecule has 0 radical (unpaired) electrons. The van der Waals surface area contributed by atoms with E-state index in [9.17, 15) is 9.59 Å². The fraction of sp³-hybridized carbons (Fsp3) is 0.214. The summed E-state index contributed by atoms with van der Waals surface area (Å²) in [5, 5.41) is 9.82. The largest absolute Gasteiger partial charge is 0.497 e. The molecule has 2 aliphatic heterocycles. The minimum absolute atomic E-state index is 0.0148. The van der Waals surface area contributed by atoms with Gasteiger partial charge in [0.1, 0.15) is 16.7 Å². The van der Waals surface area contributed by atoms with E-state index in [4.69, 9.17) is 26.2 Å². The summed E-state index contributed by atoms with van der Waals surface area (Å²) in [6, 6.07) is 22.2. The first-order chi connectivity index (χ1) is 18.4. The number of nitrogens with one attached hydrogen (secondary N) is 1. The van der Waals surface area contributed by atoms with Crippen LogP contribution in [0.15, 0.2) is 82.9 Å². The van der Waals surface area contributed by atoms with Crippen molar-refractivity contribution in [3.63, 3.8) is 0 Å². The van der Waals surface area contributed by atoms with Gasteiger partial charge in [0.05, 0.1) is 26.0 Å². The molecule has 0 aromatic heterocycles. The summed E-state index contributed by atoms with van der Waals surface area (Å²) in [4.78, 5) is 29.8. The molecule has 38 heavy (non-hydrogen) atoms. The van der Waals surface area contributed by atoms with Crippen LogP contribution in [-0.2, 0) is 9.59 Å². The highest BCUT2D eigenvalue weighted by molar-refractivity contribution is 8.15. The van der Waals surface area contributed by atoms with Gasteiger partial charge in [0.2, 0.25) is 5.91 Å². The van der Waals surface area contributed by atoms with E-state index in [1.807, 2.05) is 48.5 Å². The Labute approximate surface area is 229 Å². The van der Waals surface area contributed by atoms with E-state index in [1.54, 1.807) is 43.5 Å². The topological polar surface area (TPSA) is 92.6 Å². The number of halogens is 1. The van der Waals surface area contributed by atoms with Gasteiger partial charge in [-0.3, -0.25) is 9.59 Å². The van der Waals surface area contributed by atoms with Gasteiger partial charge in [-0.1, -0.05) is 41.6 Å². The molecular weight excluding hydrogens is 524 g/mol. The van der Waals surface area contributed by atoms with Crippen LogP contribution in [0.5, 0.6) is 11.5 Å². The van der Waals surface area contributed by atoms with Crippen LogP contribution in [0.1, 0.15) is 30.0 Å². The maximum atomic E-state index is 12.8. The number of amidine groups is 1. The number of amides is 2. The Balaban J connectivity index is 1.36. The van der Waals surface area contributed by atoms with Crippen molar-refractivity contribution in [2.45, 2.75) is 24.1 Å². The standard InChI is InChI=1S/C28H25ClN4O4S/c1-36-21-10-6-17(7-11-21)23-15-24(18-8-12-22(37-2)13-9-18)33(32-23)28-31-27(35)25(38-28)16-26(34)30-20-5-3-4-19(29)14-20/h3-14,24-25H,15-16H2,1-2H3,(H,30,34)/t24-,25+/m1/s1. The van der Waals surface area contributed by atoms with Gasteiger partial charge in [0.15, 0.2) is 5.17 Å². The van der Waals surface area contributed by atoms with Crippen molar-refractivity contribution < 1.29 is 19.1 Å². The van der Waals surface area contributed by atoms with Gasteiger partial charge in [-0.05, 0) is 65.7 Å². The number of benzene rings is 3. The second-order valence-electron chi connectivity index (χ2n) is 8.71. The predicted octanol–water partition coefficient (Wildman–Crippen LogP) is 5.54. The van der Waals surface area contributed by atoms with Gasteiger partial charge in [-0.15, -0.1) is 0 Å². The molecule has 8 nitrogen and oxygen atoms in total. The Morgan fingerprint density at radius 2 is 1.74 bits per heavy atom. The highest BCUT2D eigenvalue weighted by Crippen LogP contribution is 2.39. The molecule has 3 aromatic rings. The highest BCUT2D eigenvalue weighted by Gasteiger charge is 2.39. The molecule has 10 heteroatoms. The molecule has 0 fully saturated rings. The van der Waals surface area contributed by atoms with E-state index in [0.717, 1.165) is 28.3 Å². The second-order valence-corrected chi connectivity index (χ2v) is 10.3.